The molecule has 2 N–H and O–H groups in total. The molecule has 1 aromatic rings. The minimum Gasteiger partial charge on any atom is -0.493 e. The van der Waals surface area contributed by atoms with Gasteiger partial charge in [0.25, 0.3) is 0 Å². The van der Waals surface area contributed by atoms with Crippen LogP contribution in [0.25, 0.3) is 0 Å². The number of carbonyl (C=O) groups is 1. The van der Waals surface area contributed by atoms with Gasteiger partial charge in [0, 0.05) is 19.1 Å². The van der Waals surface area contributed by atoms with E-state index in [0.717, 1.165) is 25.1 Å². The van der Waals surface area contributed by atoms with Gasteiger partial charge in [-0.3, -0.25) is 4.79 Å². The lowest BCUT2D eigenvalue weighted by atomic mass is 10.0. The lowest BCUT2D eigenvalue weighted by molar-refractivity contribution is -0.132. The molecule has 4 nitrogen and oxygen atoms in total. The van der Waals surface area contributed by atoms with Crippen LogP contribution < -0.4 is 10.5 Å². The Bertz CT molecular complexity index is 462. The fraction of sp³-hybridized carbons (Fsp3) is 0.588. The lowest BCUT2D eigenvalue weighted by Crippen LogP contribution is -2.46. The average Bonchev–Trinajstić information content (AvgIpc) is 2.47. The van der Waals surface area contributed by atoms with Gasteiger partial charge in [0.2, 0.25) is 5.91 Å². The number of amides is 1. The zero-order valence-corrected chi connectivity index (χ0v) is 14.3. The van der Waals surface area contributed by atoms with Crippen LogP contribution in [0.4, 0.5) is 0 Å². The Morgan fingerprint density at radius 2 is 2.05 bits per heavy atom. The molecule has 0 aliphatic carbocycles. The summed E-state index contributed by atoms with van der Waals surface area (Å²) in [7, 11) is 0. The first-order chi connectivity index (χ1) is 10.1. The van der Waals surface area contributed by atoms with Crippen molar-refractivity contribution in [3.8, 4) is 5.75 Å². The Morgan fingerprint density at radius 1 is 1.36 bits per heavy atom. The van der Waals surface area contributed by atoms with E-state index in [1.807, 2.05) is 17.0 Å². The van der Waals surface area contributed by atoms with Crippen molar-refractivity contribution in [1.82, 2.24) is 4.90 Å². The number of likely N-dealkylation sites (tertiary alicyclic amines) is 1. The highest BCUT2D eigenvalue weighted by atomic mass is 35.5. The molecule has 0 aromatic heterocycles. The molecule has 1 saturated heterocycles. The van der Waals surface area contributed by atoms with E-state index in [0.29, 0.717) is 25.5 Å². The third kappa shape index (κ3) is 5.50. The standard InChI is InChI=1S/C17H26N2O2.ClH/c1-13(2)14-5-7-16(8-6-14)21-11-9-17(20)19-10-3-4-15(18)12-19;/h5-8,13,15H,3-4,9-12,18H2,1-2H3;1H. The van der Waals surface area contributed by atoms with Crippen molar-refractivity contribution in [3.63, 3.8) is 0 Å². The van der Waals surface area contributed by atoms with Gasteiger partial charge in [-0.15, -0.1) is 12.4 Å². The second kappa shape index (κ2) is 9.01. The SMILES string of the molecule is CC(C)c1ccc(OCCC(=O)N2CCCC(N)C2)cc1.Cl. The van der Waals surface area contributed by atoms with Gasteiger partial charge in [-0.25, -0.2) is 0 Å². The number of hydrogen-bond donors (Lipinski definition) is 1. The number of nitrogens with two attached hydrogens (primary N) is 1. The van der Waals surface area contributed by atoms with Gasteiger partial charge in [0.1, 0.15) is 5.75 Å². The van der Waals surface area contributed by atoms with E-state index in [-0.39, 0.29) is 24.4 Å². The maximum absolute atomic E-state index is 12.1. The molecule has 2 rings (SSSR count). The summed E-state index contributed by atoms with van der Waals surface area (Å²) in [5, 5.41) is 0. The maximum atomic E-state index is 12.1. The van der Waals surface area contributed by atoms with Gasteiger partial charge in [0.05, 0.1) is 13.0 Å². The molecule has 124 valence electrons. The van der Waals surface area contributed by atoms with Crippen molar-refractivity contribution in [3.05, 3.63) is 29.8 Å². The third-order valence-electron chi connectivity index (χ3n) is 3.94. The van der Waals surface area contributed by atoms with Crippen LogP contribution in [-0.4, -0.2) is 36.5 Å². The van der Waals surface area contributed by atoms with Gasteiger partial charge in [-0.1, -0.05) is 26.0 Å². The second-order valence-corrected chi connectivity index (χ2v) is 6.06. The van der Waals surface area contributed by atoms with Crippen LogP contribution in [0.2, 0.25) is 0 Å². The molecule has 0 saturated carbocycles. The summed E-state index contributed by atoms with van der Waals surface area (Å²) in [4.78, 5) is 13.9. The molecule has 1 atom stereocenters. The van der Waals surface area contributed by atoms with Crippen LogP contribution in [0.5, 0.6) is 5.75 Å². The van der Waals surface area contributed by atoms with Crippen molar-refractivity contribution < 1.29 is 9.53 Å². The minimum atomic E-state index is 0. The van der Waals surface area contributed by atoms with Gasteiger partial charge in [-0.05, 0) is 36.5 Å². The van der Waals surface area contributed by atoms with Gasteiger partial charge < -0.3 is 15.4 Å². The van der Waals surface area contributed by atoms with Crippen LogP contribution in [0, 0.1) is 0 Å². The number of nitrogens with zero attached hydrogens (tertiary/aromatic N) is 1. The number of halogens is 1. The molecule has 0 bridgehead atoms. The Labute approximate surface area is 139 Å². The Kier molecular flexibility index (Phi) is 7.69. The summed E-state index contributed by atoms with van der Waals surface area (Å²) >= 11 is 0. The van der Waals surface area contributed by atoms with Crippen molar-refractivity contribution in [1.29, 1.82) is 0 Å². The zero-order valence-electron chi connectivity index (χ0n) is 13.5. The van der Waals surface area contributed by atoms with Crippen LogP contribution in [-0.2, 0) is 4.79 Å². The zero-order chi connectivity index (χ0) is 15.2. The highest BCUT2D eigenvalue weighted by Crippen LogP contribution is 2.18. The van der Waals surface area contributed by atoms with Gasteiger partial charge >= 0.3 is 0 Å². The molecule has 0 radical (unpaired) electrons. The number of benzene rings is 1. The normalized spacial score (nSPS) is 18.0. The summed E-state index contributed by atoms with van der Waals surface area (Å²) in [6.45, 7) is 6.26. The van der Waals surface area contributed by atoms with E-state index in [9.17, 15) is 4.79 Å². The van der Waals surface area contributed by atoms with Crippen LogP contribution in [0.3, 0.4) is 0 Å². The largest absolute Gasteiger partial charge is 0.493 e. The molecule has 1 heterocycles. The van der Waals surface area contributed by atoms with Gasteiger partial charge in [0.15, 0.2) is 0 Å². The second-order valence-electron chi connectivity index (χ2n) is 6.06. The Balaban J connectivity index is 0.00000242. The fourth-order valence-electron chi connectivity index (χ4n) is 2.60. The molecule has 1 unspecified atom stereocenters. The van der Waals surface area contributed by atoms with E-state index >= 15 is 0 Å². The molecule has 1 amide bonds. The summed E-state index contributed by atoms with van der Waals surface area (Å²) in [5.41, 5.74) is 7.19. The Morgan fingerprint density at radius 3 is 2.64 bits per heavy atom. The van der Waals surface area contributed by atoms with E-state index in [4.69, 9.17) is 10.5 Å². The lowest BCUT2D eigenvalue weighted by Gasteiger charge is -2.30. The number of carbonyl (C=O) groups excluding carboxylic acids is 1. The fourth-order valence-corrected chi connectivity index (χ4v) is 2.60. The maximum Gasteiger partial charge on any atom is 0.226 e. The quantitative estimate of drug-likeness (QED) is 0.905. The summed E-state index contributed by atoms with van der Waals surface area (Å²) in [5.74, 6) is 1.48. The molecule has 0 spiro atoms. The molecule has 1 aromatic carbocycles. The molecule has 22 heavy (non-hydrogen) atoms. The van der Waals surface area contributed by atoms with E-state index < -0.39 is 0 Å². The predicted octanol–water partition coefficient (Wildman–Crippen LogP) is 2.95. The van der Waals surface area contributed by atoms with E-state index in [1.165, 1.54) is 5.56 Å². The van der Waals surface area contributed by atoms with Crippen molar-refractivity contribution in [2.45, 2.75) is 45.1 Å². The minimum absolute atomic E-state index is 0. The van der Waals surface area contributed by atoms with E-state index in [1.54, 1.807) is 0 Å². The summed E-state index contributed by atoms with van der Waals surface area (Å²) in [6, 6.07) is 8.22. The van der Waals surface area contributed by atoms with E-state index in [2.05, 4.69) is 26.0 Å². The highest BCUT2D eigenvalue weighted by molar-refractivity contribution is 5.85. The van der Waals surface area contributed by atoms with Gasteiger partial charge in [-0.2, -0.15) is 0 Å². The highest BCUT2D eigenvalue weighted by Gasteiger charge is 2.20. The molecular formula is C17H27ClN2O2. The number of ether oxygens (including phenoxy) is 1. The molecule has 5 heteroatoms. The first-order valence-electron chi connectivity index (χ1n) is 7.82. The molecule has 1 aliphatic heterocycles. The predicted molar refractivity (Wildman–Crippen MR) is 91.7 cm³/mol. The first-order valence-corrected chi connectivity index (χ1v) is 7.82. The third-order valence-corrected chi connectivity index (χ3v) is 3.94. The van der Waals surface area contributed by atoms with Crippen LogP contribution >= 0.6 is 12.4 Å². The summed E-state index contributed by atoms with van der Waals surface area (Å²) < 4.78 is 5.65. The Hall–Kier alpha value is -1.26. The van der Waals surface area contributed by atoms with Crippen molar-refractivity contribution in [2.24, 2.45) is 5.73 Å². The molecule has 1 aliphatic rings. The topological polar surface area (TPSA) is 55.6 Å². The first kappa shape index (κ1) is 18.8. The van der Waals surface area contributed by atoms with Crippen molar-refractivity contribution in [2.75, 3.05) is 19.7 Å². The van der Waals surface area contributed by atoms with Crippen LogP contribution in [0.15, 0.2) is 24.3 Å². The summed E-state index contributed by atoms with van der Waals surface area (Å²) in [6.07, 6.45) is 2.44. The van der Waals surface area contributed by atoms with Crippen molar-refractivity contribution >= 4 is 18.3 Å². The average molecular weight is 327 g/mol. The molecule has 1 fully saturated rings. The number of rotatable bonds is 5. The van der Waals surface area contributed by atoms with Crippen LogP contribution in [0.1, 0.15) is 44.6 Å². The number of hydrogen-bond acceptors (Lipinski definition) is 3. The monoisotopic (exact) mass is 326 g/mol. The smallest absolute Gasteiger partial charge is 0.226 e. The molecular weight excluding hydrogens is 300 g/mol. The number of piperidine rings is 1.